The molecule has 3 rings (SSSR count). The van der Waals surface area contributed by atoms with Crippen LogP contribution in [0.2, 0.25) is 0 Å². The van der Waals surface area contributed by atoms with Crippen molar-refractivity contribution in [2.45, 2.75) is 0 Å². The maximum absolute atomic E-state index is 10.7. The van der Waals surface area contributed by atoms with Crippen molar-refractivity contribution >= 4 is 27.6 Å². The number of nitrogens with two attached hydrogens (primary N) is 1. The van der Waals surface area contributed by atoms with E-state index in [4.69, 9.17) is 5.73 Å². The number of anilines is 1. The van der Waals surface area contributed by atoms with Gasteiger partial charge in [0.05, 0.1) is 0 Å². The number of carbonyl (C=O) groups is 1. The van der Waals surface area contributed by atoms with Gasteiger partial charge in [0.1, 0.15) is 0 Å². The molecule has 0 heterocycles. The van der Waals surface area contributed by atoms with Crippen LogP contribution in [0.4, 0.5) is 10.5 Å². The third kappa shape index (κ3) is 5.52. The first-order chi connectivity index (χ1) is 10.2. The van der Waals surface area contributed by atoms with E-state index in [0.29, 0.717) is 5.69 Å². The number of benzene rings is 1. The summed E-state index contributed by atoms with van der Waals surface area (Å²) in [7, 11) is 0. The minimum Gasteiger partial charge on any atom is -0.352 e. The van der Waals surface area contributed by atoms with Crippen molar-refractivity contribution < 1.29 is 21.9 Å². The Bertz CT molecular complexity index is 675. The molecule has 22 heavy (non-hydrogen) atoms. The Labute approximate surface area is 148 Å². The molecular formula is C17H15BrFeN2O+4. The predicted molar refractivity (Wildman–Crippen MR) is 90.4 cm³/mol. The first kappa shape index (κ1) is 18.2. The second-order valence-electron chi connectivity index (χ2n) is 4.32. The molecule has 0 bridgehead atoms. The van der Waals surface area contributed by atoms with Gasteiger partial charge in [0, 0.05) is 0 Å². The van der Waals surface area contributed by atoms with Gasteiger partial charge in [-0.05, 0) is 10.2 Å². The molecule has 0 aliphatic rings. The summed E-state index contributed by atoms with van der Waals surface area (Å²) in [6.45, 7) is 0. The fraction of sp³-hybridized carbons (Fsp3) is 0. The number of nitrogens with one attached hydrogen (secondary N) is 1. The molecule has 0 fully saturated rings. The molecule has 0 saturated heterocycles. The van der Waals surface area contributed by atoms with Gasteiger partial charge in [-0.25, -0.2) is 16.9 Å². The number of carbonyl (C=O) groups excluding carboxylic acids is 1. The predicted octanol–water partition coefficient (Wildman–Crippen LogP) is 4.73. The van der Waals surface area contributed by atoms with Crippen LogP contribution in [0.15, 0.2) is 77.3 Å². The Balaban J connectivity index is 0.000000344. The molecule has 0 aliphatic heterocycles. The summed E-state index contributed by atoms with van der Waals surface area (Å²) in [5, 5.41) is 2.54. The second kappa shape index (κ2) is 9.26. The Morgan fingerprint density at radius 1 is 1.14 bits per heavy atom. The van der Waals surface area contributed by atoms with Gasteiger partial charge >= 0.3 is 23.1 Å². The minimum absolute atomic E-state index is 0. The number of primary amides is 1. The average Bonchev–Trinajstić information content (AvgIpc) is 3.12. The fourth-order valence-electron chi connectivity index (χ4n) is 1.85. The van der Waals surface area contributed by atoms with Crippen molar-refractivity contribution in [3.63, 3.8) is 0 Å². The average molecular weight is 399 g/mol. The molecule has 0 spiro atoms. The van der Waals surface area contributed by atoms with Gasteiger partial charge in [0.2, 0.25) is 0 Å². The zero-order valence-electron chi connectivity index (χ0n) is 11.6. The van der Waals surface area contributed by atoms with Crippen molar-refractivity contribution in [2.75, 3.05) is 5.32 Å². The molecule has 0 radical (unpaired) electrons. The molecular weight excluding hydrogens is 384 g/mol. The van der Waals surface area contributed by atoms with Crippen LogP contribution in [0.25, 0.3) is 11.1 Å². The Morgan fingerprint density at radius 3 is 2.36 bits per heavy atom. The van der Waals surface area contributed by atoms with Crippen LogP contribution >= 0.6 is 15.9 Å². The first-order valence-corrected chi connectivity index (χ1v) is 7.21. The quantitative estimate of drug-likeness (QED) is 0.475. The van der Waals surface area contributed by atoms with Crippen LogP contribution < -0.4 is 11.1 Å². The largest absolute Gasteiger partial charge is 6.00 e. The van der Waals surface area contributed by atoms with Gasteiger partial charge in [-0.2, -0.15) is 18.2 Å². The molecule has 2 amide bonds. The first-order valence-electron chi connectivity index (χ1n) is 6.41. The van der Waals surface area contributed by atoms with E-state index in [2.05, 4.69) is 21.2 Å². The number of rotatable bonds is 2. The number of amides is 2. The summed E-state index contributed by atoms with van der Waals surface area (Å²) in [5.41, 5.74) is 7.87. The zero-order valence-corrected chi connectivity index (χ0v) is 14.3. The van der Waals surface area contributed by atoms with Crippen LogP contribution in [0.3, 0.4) is 0 Å². The molecule has 110 valence electrons. The van der Waals surface area contributed by atoms with Gasteiger partial charge in [-0.15, -0.1) is 45.8 Å². The van der Waals surface area contributed by atoms with E-state index in [1.54, 1.807) is 0 Å². The van der Waals surface area contributed by atoms with E-state index in [9.17, 15) is 4.79 Å². The van der Waals surface area contributed by atoms with Gasteiger partial charge in [-0.3, -0.25) is 0 Å². The monoisotopic (exact) mass is 398 g/mol. The number of hydrogen-bond acceptors (Lipinski definition) is 1. The van der Waals surface area contributed by atoms with E-state index in [1.165, 1.54) is 0 Å². The van der Waals surface area contributed by atoms with Crippen LogP contribution in [-0.4, -0.2) is 6.03 Å². The standard InChI is InChI=1S/C12H10BrN2O.C5H5.Fe/c13-11-4-2-1-3-10(11)8-5-6-9(7-8)15-12(14)16;1-2-4-5-3-1;/h1-7H,(H3,14,15,16);1-5H;/q2*-1;+6. The van der Waals surface area contributed by atoms with Crippen molar-refractivity contribution in [1.29, 1.82) is 0 Å². The molecule has 0 aliphatic carbocycles. The van der Waals surface area contributed by atoms with Gasteiger partial charge < -0.3 is 11.1 Å². The summed E-state index contributed by atoms with van der Waals surface area (Å²) in [4.78, 5) is 10.7. The van der Waals surface area contributed by atoms with Gasteiger partial charge in [-0.1, -0.05) is 23.8 Å². The minimum atomic E-state index is -0.552. The number of urea groups is 1. The Hall–Kier alpha value is -1.81. The van der Waals surface area contributed by atoms with E-state index >= 15 is 0 Å². The van der Waals surface area contributed by atoms with Gasteiger partial charge in [0.25, 0.3) is 0 Å². The molecule has 3 aromatic rings. The summed E-state index contributed by atoms with van der Waals surface area (Å²) in [5.74, 6) is 0. The smallest absolute Gasteiger partial charge is 0.352 e. The Kier molecular flexibility index (Phi) is 7.67. The molecule has 5 heteroatoms. The molecule has 3 aromatic carbocycles. The third-order valence-electron chi connectivity index (χ3n) is 2.76. The molecule has 0 saturated carbocycles. The topological polar surface area (TPSA) is 55.1 Å². The summed E-state index contributed by atoms with van der Waals surface area (Å²) < 4.78 is 1.02. The summed E-state index contributed by atoms with van der Waals surface area (Å²) in [6, 6.07) is 23.0. The maximum atomic E-state index is 10.7. The van der Waals surface area contributed by atoms with Crippen LogP contribution in [0, 0.1) is 0 Å². The Morgan fingerprint density at radius 2 is 1.82 bits per heavy atom. The van der Waals surface area contributed by atoms with E-state index in [-0.39, 0.29) is 17.1 Å². The SMILES string of the molecule is NC(=O)Nc1cc[c-](-c2ccccc2Br)c1.[Fe+6].c1cc[cH-]c1. The number of halogens is 1. The van der Waals surface area contributed by atoms with Crippen molar-refractivity contribution in [2.24, 2.45) is 5.73 Å². The normalized spacial score (nSPS) is 9.14. The summed E-state index contributed by atoms with van der Waals surface area (Å²) >= 11 is 3.48. The van der Waals surface area contributed by atoms with Crippen LogP contribution in [0.1, 0.15) is 0 Å². The fourth-order valence-corrected chi connectivity index (χ4v) is 2.36. The van der Waals surface area contributed by atoms with E-state index < -0.39 is 6.03 Å². The zero-order chi connectivity index (χ0) is 15.1. The second-order valence-corrected chi connectivity index (χ2v) is 5.17. The molecule has 0 atom stereocenters. The molecule has 3 N–H and O–H groups in total. The van der Waals surface area contributed by atoms with Crippen molar-refractivity contribution in [3.8, 4) is 11.1 Å². The van der Waals surface area contributed by atoms with Gasteiger partial charge in [0.15, 0.2) is 0 Å². The van der Waals surface area contributed by atoms with E-state index in [1.807, 2.05) is 72.8 Å². The van der Waals surface area contributed by atoms with Crippen molar-refractivity contribution in [3.05, 3.63) is 77.3 Å². The van der Waals surface area contributed by atoms with Crippen molar-refractivity contribution in [1.82, 2.24) is 0 Å². The van der Waals surface area contributed by atoms with E-state index in [0.717, 1.165) is 15.6 Å². The number of hydrogen-bond donors (Lipinski definition) is 2. The summed E-state index contributed by atoms with van der Waals surface area (Å²) in [6.07, 6.45) is 0. The molecule has 3 nitrogen and oxygen atoms in total. The maximum Gasteiger partial charge on any atom is 6.00 e. The van der Waals surface area contributed by atoms with Crippen LogP contribution in [-0.2, 0) is 17.1 Å². The molecule has 0 aromatic heterocycles. The third-order valence-corrected chi connectivity index (χ3v) is 3.45. The van der Waals surface area contributed by atoms with Crippen LogP contribution in [0.5, 0.6) is 0 Å². The molecule has 0 unspecified atom stereocenters.